The van der Waals surface area contributed by atoms with E-state index in [1.165, 1.54) is 22.6 Å². The van der Waals surface area contributed by atoms with Gasteiger partial charge in [0.1, 0.15) is 0 Å². The molecule has 1 atom stereocenters. The second kappa shape index (κ2) is 7.09. The van der Waals surface area contributed by atoms with Gasteiger partial charge in [0.2, 0.25) is 0 Å². The van der Waals surface area contributed by atoms with E-state index >= 15 is 0 Å². The first-order chi connectivity index (χ1) is 9.17. The molecule has 0 aromatic carbocycles. The Morgan fingerprint density at radius 2 is 2.21 bits per heavy atom. The molecule has 19 heavy (non-hydrogen) atoms. The molecule has 1 aliphatic heterocycles. The zero-order valence-corrected chi connectivity index (χ0v) is 12.8. The maximum absolute atomic E-state index is 5.36. The molecule has 1 fully saturated rings. The van der Waals surface area contributed by atoms with Crippen molar-refractivity contribution in [3.05, 3.63) is 21.9 Å². The van der Waals surface area contributed by atoms with Crippen LogP contribution >= 0.6 is 11.3 Å². The van der Waals surface area contributed by atoms with Crippen LogP contribution in [-0.2, 0) is 6.42 Å². The van der Waals surface area contributed by atoms with Crippen LogP contribution in [0.2, 0.25) is 0 Å². The highest BCUT2D eigenvalue weighted by Gasteiger charge is 2.19. The molecule has 2 nitrogen and oxygen atoms in total. The third-order valence-electron chi connectivity index (χ3n) is 3.73. The fourth-order valence-corrected chi connectivity index (χ4v) is 3.76. The molecule has 1 unspecified atom stereocenters. The summed E-state index contributed by atoms with van der Waals surface area (Å²) in [6, 6.07) is 5.69. The number of hydrogen-bond donors (Lipinski definition) is 1. The van der Waals surface area contributed by atoms with Crippen molar-refractivity contribution in [2.75, 3.05) is 19.6 Å². The number of aryl methyl sites for hydroxylation is 1. The summed E-state index contributed by atoms with van der Waals surface area (Å²) in [5.74, 6) is 2.73. The van der Waals surface area contributed by atoms with E-state index in [0.717, 1.165) is 26.1 Å². The average molecular weight is 276 g/mol. The van der Waals surface area contributed by atoms with Crippen LogP contribution in [0, 0.1) is 19.3 Å². The molecule has 104 valence electrons. The number of rotatable bonds is 5. The molecule has 1 aromatic heterocycles. The first-order valence-corrected chi connectivity index (χ1v) is 7.96. The van der Waals surface area contributed by atoms with E-state index in [1.54, 1.807) is 0 Å². The molecule has 0 radical (unpaired) electrons. The third-order valence-corrected chi connectivity index (χ3v) is 4.75. The van der Waals surface area contributed by atoms with Crippen molar-refractivity contribution in [3.63, 3.8) is 0 Å². The molecule has 2 rings (SSSR count). The van der Waals surface area contributed by atoms with E-state index in [0.29, 0.717) is 12.1 Å². The van der Waals surface area contributed by atoms with E-state index in [4.69, 9.17) is 6.42 Å². The van der Waals surface area contributed by atoms with Gasteiger partial charge >= 0.3 is 0 Å². The molecule has 1 aliphatic rings. The molecule has 0 bridgehead atoms. The number of nitrogens with zero attached hydrogens (tertiary/aromatic N) is 1. The van der Waals surface area contributed by atoms with Crippen molar-refractivity contribution < 1.29 is 0 Å². The molecule has 1 saturated heterocycles. The lowest BCUT2D eigenvalue weighted by molar-refractivity contribution is 0.211. The number of terminal acetylenes is 1. The molecule has 2 heterocycles. The first kappa shape index (κ1) is 14.6. The summed E-state index contributed by atoms with van der Waals surface area (Å²) >= 11 is 1.91. The van der Waals surface area contributed by atoms with Crippen LogP contribution in [0.25, 0.3) is 0 Å². The minimum absolute atomic E-state index is 0.558. The third kappa shape index (κ3) is 4.65. The Bertz CT molecular complexity index is 424. The fraction of sp³-hybridized carbons (Fsp3) is 0.625. The van der Waals surface area contributed by atoms with Crippen molar-refractivity contribution in [2.45, 2.75) is 45.2 Å². The lowest BCUT2D eigenvalue weighted by atomic mass is 10.0. The fourth-order valence-electron chi connectivity index (χ4n) is 2.74. The molecule has 1 aromatic rings. The van der Waals surface area contributed by atoms with Gasteiger partial charge in [-0.15, -0.1) is 17.8 Å². The summed E-state index contributed by atoms with van der Waals surface area (Å²) in [7, 11) is 0. The maximum atomic E-state index is 5.36. The van der Waals surface area contributed by atoms with Gasteiger partial charge in [-0.3, -0.25) is 4.90 Å². The summed E-state index contributed by atoms with van der Waals surface area (Å²) in [6.07, 6.45) is 8.93. The Morgan fingerprint density at radius 1 is 1.47 bits per heavy atom. The van der Waals surface area contributed by atoms with Gasteiger partial charge in [-0.1, -0.05) is 5.92 Å². The molecule has 1 N–H and O–H groups in total. The van der Waals surface area contributed by atoms with E-state index < -0.39 is 0 Å². The topological polar surface area (TPSA) is 15.3 Å². The number of likely N-dealkylation sites (tertiary alicyclic amines) is 1. The van der Waals surface area contributed by atoms with Gasteiger partial charge in [-0.25, -0.2) is 0 Å². The Balaban J connectivity index is 1.72. The predicted molar refractivity (Wildman–Crippen MR) is 83.7 cm³/mol. The van der Waals surface area contributed by atoms with E-state index in [9.17, 15) is 0 Å². The molecule has 0 aliphatic carbocycles. The van der Waals surface area contributed by atoms with Crippen molar-refractivity contribution in [1.82, 2.24) is 10.2 Å². The SMILES string of the molecule is C#CCN1CCC(NC(C)Cc2ccc(C)s2)CC1. The Labute approximate surface area is 121 Å². The Hall–Kier alpha value is -0.820. The summed E-state index contributed by atoms with van der Waals surface area (Å²) in [5, 5.41) is 3.77. The summed E-state index contributed by atoms with van der Waals surface area (Å²) in [5.41, 5.74) is 0. The second-order valence-corrected chi connectivity index (χ2v) is 6.91. The largest absolute Gasteiger partial charge is 0.311 e. The Morgan fingerprint density at radius 3 is 2.79 bits per heavy atom. The summed E-state index contributed by atoms with van der Waals surface area (Å²) < 4.78 is 0. The lowest BCUT2D eigenvalue weighted by Crippen LogP contribution is -2.45. The summed E-state index contributed by atoms with van der Waals surface area (Å²) in [6.45, 7) is 7.53. The van der Waals surface area contributed by atoms with Gasteiger partial charge in [-0.05, 0) is 45.2 Å². The van der Waals surface area contributed by atoms with Gasteiger partial charge in [0, 0.05) is 34.9 Å². The highest BCUT2D eigenvalue weighted by atomic mass is 32.1. The number of piperidine rings is 1. The second-order valence-electron chi connectivity index (χ2n) is 5.54. The minimum atomic E-state index is 0.558. The molecule has 0 saturated carbocycles. The van der Waals surface area contributed by atoms with Crippen molar-refractivity contribution in [3.8, 4) is 12.3 Å². The van der Waals surface area contributed by atoms with Crippen LogP contribution in [0.1, 0.15) is 29.5 Å². The predicted octanol–water partition coefficient (Wildman–Crippen LogP) is 2.67. The zero-order valence-electron chi connectivity index (χ0n) is 12.0. The van der Waals surface area contributed by atoms with Gasteiger partial charge in [0.15, 0.2) is 0 Å². The van der Waals surface area contributed by atoms with Crippen LogP contribution in [0.5, 0.6) is 0 Å². The molecule has 0 amide bonds. The van der Waals surface area contributed by atoms with Crippen LogP contribution in [0.15, 0.2) is 12.1 Å². The van der Waals surface area contributed by atoms with Gasteiger partial charge in [0.05, 0.1) is 6.54 Å². The van der Waals surface area contributed by atoms with Crippen molar-refractivity contribution in [1.29, 1.82) is 0 Å². The van der Waals surface area contributed by atoms with Crippen LogP contribution in [-0.4, -0.2) is 36.6 Å². The standard InChI is InChI=1S/C16H24N2S/c1-4-9-18-10-7-15(8-11-18)17-13(2)12-16-6-5-14(3)19-16/h1,5-6,13,15,17H,7-12H2,2-3H3. The lowest BCUT2D eigenvalue weighted by Gasteiger charge is -2.32. The molecule has 3 heteroatoms. The van der Waals surface area contributed by atoms with Crippen molar-refractivity contribution >= 4 is 11.3 Å². The smallest absolute Gasteiger partial charge is 0.0598 e. The normalized spacial score (nSPS) is 19.2. The van der Waals surface area contributed by atoms with Gasteiger partial charge in [0.25, 0.3) is 0 Å². The quantitative estimate of drug-likeness (QED) is 0.832. The van der Waals surface area contributed by atoms with Crippen molar-refractivity contribution in [2.24, 2.45) is 0 Å². The monoisotopic (exact) mass is 276 g/mol. The molecular weight excluding hydrogens is 252 g/mol. The van der Waals surface area contributed by atoms with E-state index in [-0.39, 0.29) is 0 Å². The highest BCUT2D eigenvalue weighted by Crippen LogP contribution is 2.18. The number of nitrogens with one attached hydrogen (secondary N) is 1. The Kier molecular flexibility index (Phi) is 5.45. The zero-order chi connectivity index (χ0) is 13.7. The van der Waals surface area contributed by atoms with E-state index in [2.05, 4.69) is 42.1 Å². The van der Waals surface area contributed by atoms with Crippen LogP contribution in [0.4, 0.5) is 0 Å². The van der Waals surface area contributed by atoms with Gasteiger partial charge in [-0.2, -0.15) is 0 Å². The van der Waals surface area contributed by atoms with Crippen LogP contribution < -0.4 is 5.32 Å². The maximum Gasteiger partial charge on any atom is 0.0598 e. The number of thiophene rings is 1. The van der Waals surface area contributed by atoms with Gasteiger partial charge < -0.3 is 5.32 Å². The number of hydrogen-bond acceptors (Lipinski definition) is 3. The summed E-state index contributed by atoms with van der Waals surface area (Å²) in [4.78, 5) is 5.26. The minimum Gasteiger partial charge on any atom is -0.311 e. The first-order valence-electron chi connectivity index (χ1n) is 7.14. The van der Waals surface area contributed by atoms with Crippen LogP contribution in [0.3, 0.4) is 0 Å². The average Bonchev–Trinajstić information content (AvgIpc) is 2.77. The highest BCUT2D eigenvalue weighted by molar-refractivity contribution is 7.11. The molecule has 0 spiro atoms. The van der Waals surface area contributed by atoms with E-state index in [1.807, 2.05) is 11.3 Å². The molecular formula is C16H24N2S.